The summed E-state index contributed by atoms with van der Waals surface area (Å²) in [5.74, 6) is 1.67. The van der Waals surface area contributed by atoms with Gasteiger partial charge < -0.3 is 4.90 Å². The zero-order chi connectivity index (χ0) is 10.7. The van der Waals surface area contributed by atoms with Gasteiger partial charge in [-0.2, -0.15) is 0 Å². The summed E-state index contributed by atoms with van der Waals surface area (Å²) >= 11 is 0. The third-order valence-corrected chi connectivity index (χ3v) is 0. The van der Waals surface area contributed by atoms with Crippen LogP contribution >= 0.6 is 0 Å². The number of hydrogen-bond donors (Lipinski definition) is 0. The summed E-state index contributed by atoms with van der Waals surface area (Å²) in [5, 5.41) is 0. The van der Waals surface area contributed by atoms with E-state index < -0.39 is 0 Å². The van der Waals surface area contributed by atoms with Gasteiger partial charge in [0.25, 0.3) is 0 Å². The van der Waals surface area contributed by atoms with Crippen LogP contribution in [0.4, 0.5) is 0 Å². The van der Waals surface area contributed by atoms with Crippen LogP contribution in [0.3, 0.4) is 0 Å². The lowest BCUT2D eigenvalue weighted by Crippen LogP contribution is -1.99. The van der Waals surface area contributed by atoms with Crippen LogP contribution in [0.2, 0.25) is 0 Å². The molecule has 0 atom stereocenters. The van der Waals surface area contributed by atoms with E-state index in [0.717, 1.165) is 11.8 Å². The monoisotopic (exact) mass is 207 g/mol. The first-order valence-electron chi connectivity index (χ1n) is 4.81. The molecule has 0 saturated heterocycles. The van der Waals surface area contributed by atoms with E-state index in [4.69, 9.17) is 0 Å². The molecule has 0 fully saturated rings. The van der Waals surface area contributed by atoms with Crippen LogP contribution in [0.5, 0.6) is 0 Å². The molecule has 0 saturated carbocycles. The normalized spacial score (nSPS) is 7.71. The van der Waals surface area contributed by atoms with Gasteiger partial charge in [0, 0.05) is 0 Å². The summed E-state index contributed by atoms with van der Waals surface area (Å²) in [7, 11) is 6.00. The van der Waals surface area contributed by atoms with Crippen LogP contribution in [0, 0.1) is 11.8 Å². The summed E-state index contributed by atoms with van der Waals surface area (Å²) < 4.78 is 0. The molecule has 0 aromatic heterocycles. The predicted molar refractivity (Wildman–Crippen MR) is 74.1 cm³/mol. The highest BCUT2D eigenvalue weighted by atomic mass is 15.0. The molecule has 1 nitrogen and oxygen atoms in total. The molecule has 0 rings (SSSR count). The molecular formula is C13H37N. The van der Waals surface area contributed by atoms with Crippen LogP contribution in [-0.4, -0.2) is 26.0 Å². The van der Waals surface area contributed by atoms with Gasteiger partial charge >= 0.3 is 0 Å². The second-order valence-corrected chi connectivity index (χ2v) is 4.81. The Morgan fingerprint density at radius 3 is 0.571 bits per heavy atom. The largest absolute Gasteiger partial charge is 0.312 e. The maximum Gasteiger partial charge on any atom is -0.0140 e. The minimum Gasteiger partial charge on any atom is -0.312 e. The molecular weight excluding hydrogens is 170 g/mol. The second-order valence-electron chi connectivity index (χ2n) is 4.81. The standard InChI is InChI=1S/2C4H10.C3H9N.2CH4/c3*1-4(2)3;;/h2*4H,1-3H3;1-3H3;2*1H4. The Morgan fingerprint density at radius 2 is 0.571 bits per heavy atom. The van der Waals surface area contributed by atoms with Crippen molar-refractivity contribution in [1.29, 1.82) is 0 Å². The van der Waals surface area contributed by atoms with E-state index in [1.807, 2.05) is 26.0 Å². The van der Waals surface area contributed by atoms with Crippen molar-refractivity contribution in [3.05, 3.63) is 0 Å². The lowest BCUT2D eigenvalue weighted by atomic mass is 10.3. The molecule has 0 unspecified atom stereocenters. The molecule has 0 aliphatic rings. The molecule has 1 heteroatoms. The van der Waals surface area contributed by atoms with Crippen molar-refractivity contribution in [1.82, 2.24) is 4.90 Å². The Morgan fingerprint density at radius 1 is 0.571 bits per heavy atom. The van der Waals surface area contributed by atoms with Crippen LogP contribution in [0.25, 0.3) is 0 Å². The highest BCUT2D eigenvalue weighted by molar-refractivity contribution is 4.21. The maximum absolute atomic E-state index is 2.17. The summed E-state index contributed by atoms with van der Waals surface area (Å²) in [5.41, 5.74) is 0. The van der Waals surface area contributed by atoms with Crippen molar-refractivity contribution in [2.24, 2.45) is 11.8 Å². The first kappa shape index (κ1) is 29.2. The van der Waals surface area contributed by atoms with Crippen molar-refractivity contribution in [2.45, 2.75) is 56.4 Å². The Labute approximate surface area is 94.9 Å². The van der Waals surface area contributed by atoms with E-state index in [9.17, 15) is 0 Å². The lowest BCUT2D eigenvalue weighted by Gasteiger charge is -1.90. The van der Waals surface area contributed by atoms with E-state index in [1.54, 1.807) is 0 Å². The predicted octanol–water partition coefficient (Wildman–Crippen LogP) is 4.77. The number of rotatable bonds is 0. The Balaban J connectivity index is -0.0000000270. The minimum absolute atomic E-state index is 0. The smallest absolute Gasteiger partial charge is 0.0140 e. The summed E-state index contributed by atoms with van der Waals surface area (Å²) in [4.78, 5) is 2.00. The molecule has 0 amide bonds. The van der Waals surface area contributed by atoms with Gasteiger partial charge in [0.05, 0.1) is 0 Å². The zero-order valence-electron chi connectivity index (χ0n) is 10.6. The SMILES string of the molecule is C.C.CC(C)C.CC(C)C.CN(C)C. The topological polar surface area (TPSA) is 3.24 Å². The average Bonchev–Trinajstić information content (AvgIpc) is 1.54. The first-order chi connectivity index (χ1) is 5.20. The Hall–Kier alpha value is -0.0400. The van der Waals surface area contributed by atoms with Gasteiger partial charge in [0.2, 0.25) is 0 Å². The van der Waals surface area contributed by atoms with Gasteiger partial charge in [-0.25, -0.2) is 0 Å². The molecule has 0 aromatic carbocycles. The highest BCUT2D eigenvalue weighted by Crippen LogP contribution is 1.81. The molecule has 14 heavy (non-hydrogen) atoms. The summed E-state index contributed by atoms with van der Waals surface area (Å²) in [6.07, 6.45) is 0. The van der Waals surface area contributed by atoms with E-state index in [-0.39, 0.29) is 14.9 Å². The fourth-order valence-electron chi connectivity index (χ4n) is 0. The zero-order valence-corrected chi connectivity index (χ0v) is 10.6. The van der Waals surface area contributed by atoms with Crippen LogP contribution < -0.4 is 0 Å². The Kier molecular flexibility index (Phi) is 48.2. The highest BCUT2D eigenvalue weighted by Gasteiger charge is 1.68. The van der Waals surface area contributed by atoms with Gasteiger partial charge in [-0.3, -0.25) is 0 Å². The molecule has 0 N–H and O–H groups in total. The van der Waals surface area contributed by atoms with Gasteiger partial charge in [0.1, 0.15) is 0 Å². The third-order valence-electron chi connectivity index (χ3n) is 0. The van der Waals surface area contributed by atoms with Crippen molar-refractivity contribution >= 4 is 0 Å². The van der Waals surface area contributed by atoms with Gasteiger partial charge in [-0.1, -0.05) is 56.4 Å². The summed E-state index contributed by atoms with van der Waals surface area (Å²) in [6.45, 7) is 13.0. The van der Waals surface area contributed by atoms with Crippen LogP contribution in [0.15, 0.2) is 0 Å². The van der Waals surface area contributed by atoms with Crippen molar-refractivity contribution in [3.63, 3.8) is 0 Å². The molecule has 0 spiro atoms. The summed E-state index contributed by atoms with van der Waals surface area (Å²) in [6, 6.07) is 0. The van der Waals surface area contributed by atoms with Crippen LogP contribution in [0.1, 0.15) is 56.4 Å². The number of hydrogen-bond acceptors (Lipinski definition) is 1. The quantitative estimate of drug-likeness (QED) is 0.553. The van der Waals surface area contributed by atoms with E-state index >= 15 is 0 Å². The molecule has 0 radical (unpaired) electrons. The fraction of sp³-hybridized carbons (Fsp3) is 1.00. The fourth-order valence-corrected chi connectivity index (χ4v) is 0. The van der Waals surface area contributed by atoms with Gasteiger partial charge in [-0.15, -0.1) is 0 Å². The molecule has 0 heterocycles. The number of nitrogens with zero attached hydrogens (tertiary/aromatic N) is 1. The average molecular weight is 207 g/mol. The van der Waals surface area contributed by atoms with E-state index in [2.05, 4.69) is 41.5 Å². The molecule has 0 bridgehead atoms. The Bertz CT molecular complexity index is 33.7. The maximum atomic E-state index is 2.17. The third kappa shape index (κ3) is 898000. The van der Waals surface area contributed by atoms with E-state index in [0.29, 0.717) is 0 Å². The van der Waals surface area contributed by atoms with Gasteiger partial charge in [0.15, 0.2) is 0 Å². The van der Waals surface area contributed by atoms with Crippen LogP contribution in [-0.2, 0) is 0 Å². The molecule has 0 aliphatic carbocycles. The van der Waals surface area contributed by atoms with Crippen molar-refractivity contribution in [2.75, 3.05) is 21.1 Å². The van der Waals surface area contributed by atoms with Crippen molar-refractivity contribution in [3.8, 4) is 0 Å². The van der Waals surface area contributed by atoms with E-state index in [1.165, 1.54) is 0 Å². The second kappa shape index (κ2) is 23.1. The minimum atomic E-state index is 0. The molecule has 94 valence electrons. The first-order valence-corrected chi connectivity index (χ1v) is 4.81. The van der Waals surface area contributed by atoms with Crippen molar-refractivity contribution < 1.29 is 0 Å². The molecule has 0 aromatic rings. The van der Waals surface area contributed by atoms with Gasteiger partial charge in [-0.05, 0) is 33.0 Å². The lowest BCUT2D eigenvalue weighted by molar-refractivity contribution is 0.505. The molecule has 0 aliphatic heterocycles.